The lowest BCUT2D eigenvalue weighted by molar-refractivity contribution is 0.0520. The predicted molar refractivity (Wildman–Crippen MR) is 110 cm³/mol. The summed E-state index contributed by atoms with van der Waals surface area (Å²) in [5.41, 5.74) is 0.190. The summed E-state index contributed by atoms with van der Waals surface area (Å²) in [6.07, 6.45) is -0.354. The summed E-state index contributed by atoms with van der Waals surface area (Å²) in [6.45, 7) is 11.5. The zero-order valence-corrected chi connectivity index (χ0v) is 18.3. The molecule has 0 saturated carbocycles. The van der Waals surface area contributed by atoms with E-state index in [0.717, 1.165) is 5.56 Å². The van der Waals surface area contributed by atoms with E-state index in [1.807, 2.05) is 39.0 Å². The zero-order valence-electron chi connectivity index (χ0n) is 17.5. The largest absolute Gasteiger partial charge is 0.598 e. The molecule has 1 rings (SSSR count). The second-order valence-electron chi connectivity index (χ2n) is 8.23. The molecule has 0 radical (unpaired) electrons. The van der Waals surface area contributed by atoms with Crippen LogP contribution in [0.2, 0.25) is 0 Å². The normalized spacial score (nSPS) is 13.9. The maximum atomic E-state index is 12.5. The number of nitrogens with one attached hydrogen (secondary N) is 2. The van der Waals surface area contributed by atoms with E-state index in [-0.39, 0.29) is 19.6 Å². The first kappa shape index (κ1) is 24.1. The number of carbonyl (C=O) groups is 1. The van der Waals surface area contributed by atoms with Gasteiger partial charge in [0.1, 0.15) is 22.7 Å². The highest BCUT2D eigenvalue weighted by Crippen LogP contribution is 2.29. The molecule has 0 aliphatic rings. The molecular weight excluding hydrogens is 378 g/mol. The van der Waals surface area contributed by atoms with Crippen LogP contribution in [0.15, 0.2) is 24.3 Å². The maximum absolute atomic E-state index is 12.5. The minimum Gasteiger partial charge on any atom is -0.598 e. The summed E-state index contributed by atoms with van der Waals surface area (Å²) >= 11 is -1.33. The molecule has 0 saturated heterocycles. The fraction of sp³-hybridized carbons (Fsp3) is 0.600. The molecule has 0 heterocycles. The molecule has 0 bridgehead atoms. The van der Waals surface area contributed by atoms with Crippen molar-refractivity contribution in [3.05, 3.63) is 29.8 Å². The molecule has 28 heavy (non-hydrogen) atoms. The predicted octanol–water partition coefficient (Wildman–Crippen LogP) is 3.60. The van der Waals surface area contributed by atoms with E-state index in [9.17, 15) is 14.6 Å². The molecule has 7 nitrogen and oxygen atoms in total. The minimum atomic E-state index is -1.33. The number of hydrogen-bond donors (Lipinski definition) is 2. The van der Waals surface area contributed by atoms with Crippen LogP contribution in [0.1, 0.15) is 59.6 Å². The number of nitrogens with zero attached hydrogens (tertiary/aromatic N) is 1. The standard InChI is InChI=1S/C20H31N3O4S/c1-19(2,3)27-18(24)22-13-14-26-17-10-8-7-9-15(17)16(11-12-21)23-28(25)20(4,5)6/h7-10,16,23H,11,13-14H2,1-6H3,(H,22,24)/t16-,28?/m1/s1. The molecule has 2 N–H and O–H groups in total. The molecular formula is C20H31N3O4S. The molecule has 1 unspecified atom stereocenters. The second kappa shape index (κ2) is 10.6. The van der Waals surface area contributed by atoms with Gasteiger partial charge in [-0.25, -0.2) is 4.79 Å². The Morgan fingerprint density at radius 1 is 1.25 bits per heavy atom. The molecule has 8 heteroatoms. The lowest BCUT2D eigenvalue weighted by Crippen LogP contribution is -2.41. The molecule has 1 amide bonds. The number of rotatable bonds is 8. The number of para-hydroxylation sites is 1. The van der Waals surface area contributed by atoms with Crippen LogP contribution in [-0.4, -0.2) is 34.1 Å². The van der Waals surface area contributed by atoms with Gasteiger partial charge >= 0.3 is 6.09 Å². The molecule has 2 atom stereocenters. The average molecular weight is 410 g/mol. The highest BCUT2D eigenvalue weighted by molar-refractivity contribution is 7.90. The summed E-state index contributed by atoms with van der Waals surface area (Å²) in [4.78, 5) is 11.7. The van der Waals surface area contributed by atoms with Crippen molar-refractivity contribution in [3.63, 3.8) is 0 Å². The van der Waals surface area contributed by atoms with E-state index in [2.05, 4.69) is 16.1 Å². The third-order valence-electron chi connectivity index (χ3n) is 3.42. The van der Waals surface area contributed by atoms with Gasteiger partial charge in [-0.2, -0.15) is 5.26 Å². The summed E-state index contributed by atoms with van der Waals surface area (Å²) in [7, 11) is 0. The summed E-state index contributed by atoms with van der Waals surface area (Å²) in [5.74, 6) is 0.576. The lowest BCUT2D eigenvalue weighted by Gasteiger charge is -2.28. The quantitative estimate of drug-likeness (QED) is 0.502. The van der Waals surface area contributed by atoms with Crippen molar-refractivity contribution >= 4 is 17.5 Å². The van der Waals surface area contributed by atoms with Crippen molar-refractivity contribution < 1.29 is 18.8 Å². The van der Waals surface area contributed by atoms with Gasteiger partial charge in [0, 0.05) is 16.9 Å². The molecule has 0 aromatic heterocycles. The van der Waals surface area contributed by atoms with E-state index < -0.39 is 33.8 Å². The van der Waals surface area contributed by atoms with Crippen molar-refractivity contribution in [1.82, 2.24) is 10.0 Å². The number of ether oxygens (including phenoxy) is 2. The van der Waals surface area contributed by atoms with Crippen molar-refractivity contribution in [2.45, 2.75) is 64.4 Å². The Hall–Kier alpha value is -1.95. The highest BCUT2D eigenvalue weighted by Gasteiger charge is 2.30. The van der Waals surface area contributed by atoms with Crippen LogP contribution >= 0.6 is 0 Å². The number of carbonyl (C=O) groups excluding carboxylic acids is 1. The molecule has 156 valence electrons. The molecule has 0 fully saturated rings. The van der Waals surface area contributed by atoms with Crippen molar-refractivity contribution in [2.75, 3.05) is 13.2 Å². The Morgan fingerprint density at radius 2 is 1.89 bits per heavy atom. The van der Waals surface area contributed by atoms with Crippen molar-refractivity contribution in [1.29, 1.82) is 5.26 Å². The Morgan fingerprint density at radius 3 is 2.46 bits per heavy atom. The van der Waals surface area contributed by atoms with Crippen LogP contribution in [0, 0.1) is 11.3 Å². The van der Waals surface area contributed by atoms with Gasteiger partial charge in [-0.1, -0.05) is 18.2 Å². The number of nitriles is 1. The fourth-order valence-electron chi connectivity index (χ4n) is 2.14. The number of benzene rings is 1. The topological polar surface area (TPSA) is 106 Å². The van der Waals surface area contributed by atoms with Gasteiger partial charge in [0.25, 0.3) is 0 Å². The zero-order chi connectivity index (χ0) is 21.4. The van der Waals surface area contributed by atoms with Crippen LogP contribution in [0.3, 0.4) is 0 Å². The lowest BCUT2D eigenvalue weighted by atomic mass is 10.0. The molecule has 1 aromatic carbocycles. The van der Waals surface area contributed by atoms with E-state index >= 15 is 0 Å². The fourth-order valence-corrected chi connectivity index (χ4v) is 2.96. The highest BCUT2D eigenvalue weighted by atomic mass is 32.2. The van der Waals surface area contributed by atoms with Gasteiger partial charge in [-0.15, -0.1) is 4.72 Å². The molecule has 1 aromatic rings. The second-order valence-corrected chi connectivity index (χ2v) is 10.2. The van der Waals surface area contributed by atoms with E-state index in [1.54, 1.807) is 26.8 Å². The van der Waals surface area contributed by atoms with E-state index in [0.29, 0.717) is 5.75 Å². The van der Waals surface area contributed by atoms with Crippen LogP contribution in [0.5, 0.6) is 5.75 Å². The third kappa shape index (κ3) is 8.83. The maximum Gasteiger partial charge on any atom is 0.407 e. The monoisotopic (exact) mass is 409 g/mol. The molecule has 0 aliphatic heterocycles. The van der Waals surface area contributed by atoms with Gasteiger partial charge in [0.05, 0.1) is 25.1 Å². The number of alkyl carbamates (subject to hydrolysis) is 1. The number of amides is 1. The van der Waals surface area contributed by atoms with Crippen LogP contribution in [-0.2, 0) is 16.1 Å². The van der Waals surface area contributed by atoms with Crippen molar-refractivity contribution in [2.24, 2.45) is 0 Å². The Kier molecular flexibility index (Phi) is 9.08. The Labute approximate surface area is 171 Å². The Bertz CT molecular complexity index is 677. The Balaban J connectivity index is 2.74. The summed E-state index contributed by atoms with van der Waals surface area (Å²) in [6, 6.07) is 8.99. The molecule has 0 aliphatic carbocycles. The third-order valence-corrected chi connectivity index (χ3v) is 5.03. The summed E-state index contributed by atoms with van der Waals surface area (Å²) < 4.78 is 26.0. The summed E-state index contributed by atoms with van der Waals surface area (Å²) in [5, 5.41) is 11.8. The molecule has 0 spiro atoms. The first-order chi connectivity index (χ1) is 12.9. The van der Waals surface area contributed by atoms with Gasteiger partial charge in [-0.05, 0) is 47.6 Å². The van der Waals surface area contributed by atoms with Gasteiger partial charge < -0.3 is 19.3 Å². The smallest absolute Gasteiger partial charge is 0.407 e. The van der Waals surface area contributed by atoms with Crippen LogP contribution in [0.25, 0.3) is 0 Å². The van der Waals surface area contributed by atoms with Crippen LogP contribution < -0.4 is 14.8 Å². The minimum absolute atomic E-state index is 0.151. The average Bonchev–Trinajstić information content (AvgIpc) is 2.56. The van der Waals surface area contributed by atoms with E-state index in [4.69, 9.17) is 9.47 Å². The first-order valence-corrected chi connectivity index (χ1v) is 10.3. The van der Waals surface area contributed by atoms with Gasteiger partial charge in [0.15, 0.2) is 0 Å². The number of hydrogen-bond acceptors (Lipinski definition) is 6. The van der Waals surface area contributed by atoms with Gasteiger partial charge in [0.2, 0.25) is 0 Å². The van der Waals surface area contributed by atoms with E-state index in [1.165, 1.54) is 0 Å². The van der Waals surface area contributed by atoms with Gasteiger partial charge in [-0.3, -0.25) is 0 Å². The first-order valence-electron chi connectivity index (χ1n) is 9.17. The van der Waals surface area contributed by atoms with Crippen molar-refractivity contribution in [3.8, 4) is 11.8 Å². The van der Waals surface area contributed by atoms with Crippen LogP contribution in [0.4, 0.5) is 4.79 Å². The SMILES string of the molecule is CC(C)(C)OC(=O)NCCOc1ccccc1[C@@H](CC#N)N[S+]([O-])C(C)(C)C.